The monoisotopic (exact) mass is 482 g/mol. The van der Waals surface area contributed by atoms with Crippen LogP contribution in [0.1, 0.15) is 58.2 Å². The van der Waals surface area contributed by atoms with Gasteiger partial charge in [0.25, 0.3) is 0 Å². The molecular weight excluding hydrogens is 444 g/mol. The number of rotatable bonds is 1. The van der Waals surface area contributed by atoms with Crippen molar-refractivity contribution >= 4 is 32.3 Å². The van der Waals surface area contributed by atoms with Gasteiger partial charge in [-0.1, -0.05) is 138 Å². The minimum Gasteiger partial charge on any atom is -0.0622 e. The smallest absolute Gasteiger partial charge is 0.00204 e. The van der Waals surface area contributed by atoms with Gasteiger partial charge in [0.15, 0.2) is 0 Å². The molecule has 0 unspecified atom stereocenters. The third-order valence-electron chi connectivity index (χ3n) is 7.41. The van der Waals surface area contributed by atoms with Crippen molar-refractivity contribution < 1.29 is 0 Å². The molecule has 0 N–H and O–H groups in total. The maximum absolute atomic E-state index is 2.43. The first-order valence-electron chi connectivity index (χ1n) is 13.4. The minimum absolute atomic E-state index is 0.109. The van der Waals surface area contributed by atoms with Crippen molar-refractivity contribution in [1.82, 2.24) is 0 Å². The largest absolute Gasteiger partial charge is 0.0622 e. The first-order valence-corrected chi connectivity index (χ1v) is 13.4. The van der Waals surface area contributed by atoms with Crippen LogP contribution in [0.5, 0.6) is 0 Å². The van der Waals surface area contributed by atoms with Gasteiger partial charge in [-0.2, -0.15) is 0 Å². The van der Waals surface area contributed by atoms with Crippen LogP contribution < -0.4 is 0 Å². The van der Waals surface area contributed by atoms with Crippen LogP contribution in [0.25, 0.3) is 43.4 Å². The van der Waals surface area contributed by atoms with Crippen molar-refractivity contribution in [3.8, 4) is 11.1 Å². The maximum Gasteiger partial charge on any atom is -0.00204 e. The summed E-state index contributed by atoms with van der Waals surface area (Å²) in [5.41, 5.74) is 6.95. The maximum atomic E-state index is 2.43. The Morgan fingerprint density at radius 2 is 0.946 bits per heavy atom. The van der Waals surface area contributed by atoms with Crippen LogP contribution in [0.2, 0.25) is 0 Å². The fourth-order valence-corrected chi connectivity index (χ4v) is 5.18. The van der Waals surface area contributed by atoms with E-state index < -0.39 is 0 Å². The predicted molar refractivity (Wildman–Crippen MR) is 164 cm³/mol. The lowest BCUT2D eigenvalue weighted by Crippen LogP contribution is -2.12. The molecule has 6 rings (SSSR count). The molecule has 0 saturated heterocycles. The Morgan fingerprint density at radius 1 is 0.459 bits per heavy atom. The molecule has 0 nitrogen and oxygen atoms in total. The van der Waals surface area contributed by atoms with E-state index >= 15 is 0 Å². The Kier molecular flexibility index (Phi) is 6.32. The molecule has 6 aromatic carbocycles. The number of hydrogen-bond donors (Lipinski definition) is 0. The third kappa shape index (κ3) is 4.98. The van der Waals surface area contributed by atoms with Crippen LogP contribution in [0, 0.1) is 6.92 Å². The van der Waals surface area contributed by atoms with E-state index in [0.29, 0.717) is 0 Å². The fraction of sp³-hybridized carbons (Fsp3) is 0.243. The molecule has 0 heteroatoms. The zero-order chi connectivity index (χ0) is 26.4. The van der Waals surface area contributed by atoms with Gasteiger partial charge in [0.1, 0.15) is 0 Å². The number of hydrogen-bond acceptors (Lipinski definition) is 0. The number of aryl methyl sites for hydroxylation is 1. The molecule has 37 heavy (non-hydrogen) atoms. The Bertz CT molecular complexity index is 1660. The highest BCUT2D eigenvalue weighted by atomic mass is 14.3. The highest BCUT2D eigenvalue weighted by Crippen LogP contribution is 2.43. The summed E-state index contributed by atoms with van der Waals surface area (Å²) in [6, 6.07) is 37.8. The summed E-state index contributed by atoms with van der Waals surface area (Å²) in [6.45, 7) is 15.9. The molecule has 0 aliphatic heterocycles. The second-order valence-corrected chi connectivity index (χ2v) is 12.4. The molecule has 6 aromatic rings. The van der Waals surface area contributed by atoms with Crippen molar-refractivity contribution in [2.24, 2.45) is 0 Å². The zero-order valence-corrected chi connectivity index (χ0v) is 23.3. The summed E-state index contributed by atoms with van der Waals surface area (Å²) in [5.74, 6) is 0. The Balaban J connectivity index is 0.000000348. The molecule has 0 saturated carbocycles. The van der Waals surface area contributed by atoms with Gasteiger partial charge < -0.3 is 0 Å². The average Bonchev–Trinajstić information content (AvgIpc) is 2.87. The van der Waals surface area contributed by atoms with E-state index in [-0.39, 0.29) is 10.8 Å². The van der Waals surface area contributed by atoms with E-state index in [0.717, 1.165) is 0 Å². The summed E-state index contributed by atoms with van der Waals surface area (Å²) in [5, 5.41) is 8.20. The molecule has 0 radical (unpaired) electrons. The fourth-order valence-electron chi connectivity index (χ4n) is 5.18. The lowest BCUT2D eigenvalue weighted by molar-refractivity contribution is 0.591. The Morgan fingerprint density at radius 3 is 1.46 bits per heavy atom. The molecule has 0 heterocycles. The Hall–Kier alpha value is -3.64. The van der Waals surface area contributed by atoms with E-state index in [1.165, 1.54) is 60.1 Å². The summed E-state index contributed by atoms with van der Waals surface area (Å²) in [4.78, 5) is 0. The molecule has 0 atom stereocenters. The zero-order valence-electron chi connectivity index (χ0n) is 23.3. The molecular formula is C37H38. The van der Waals surface area contributed by atoms with E-state index in [4.69, 9.17) is 0 Å². The molecule has 186 valence electrons. The molecule has 0 bridgehead atoms. The SMILES string of the molecule is CC(C)(C)c1cc2ccc3cc(C(C)(C)C)cc4c(-c5ccccc5)cc(c1)c2c34.Cc1ccccc1. The van der Waals surface area contributed by atoms with Crippen molar-refractivity contribution in [3.05, 3.63) is 120 Å². The van der Waals surface area contributed by atoms with Crippen LogP contribution in [-0.2, 0) is 10.8 Å². The molecule has 0 aliphatic carbocycles. The van der Waals surface area contributed by atoms with Crippen molar-refractivity contribution in [3.63, 3.8) is 0 Å². The predicted octanol–water partition coefficient (Wildman–Crippen LogP) is 10.8. The van der Waals surface area contributed by atoms with Crippen molar-refractivity contribution in [1.29, 1.82) is 0 Å². The van der Waals surface area contributed by atoms with Crippen LogP contribution in [0.3, 0.4) is 0 Å². The van der Waals surface area contributed by atoms with Crippen LogP contribution in [0.4, 0.5) is 0 Å². The first kappa shape index (κ1) is 25.0. The van der Waals surface area contributed by atoms with Crippen LogP contribution >= 0.6 is 0 Å². The summed E-state index contributed by atoms with van der Waals surface area (Å²) < 4.78 is 0. The van der Waals surface area contributed by atoms with Gasteiger partial charge in [0.05, 0.1) is 0 Å². The summed E-state index contributed by atoms with van der Waals surface area (Å²) in [7, 11) is 0. The second-order valence-electron chi connectivity index (χ2n) is 12.4. The lowest BCUT2D eigenvalue weighted by Gasteiger charge is -2.24. The van der Waals surface area contributed by atoms with Gasteiger partial charge in [-0.25, -0.2) is 0 Å². The van der Waals surface area contributed by atoms with Gasteiger partial charge in [-0.15, -0.1) is 0 Å². The quantitative estimate of drug-likeness (QED) is 0.204. The van der Waals surface area contributed by atoms with Gasteiger partial charge in [-0.05, 0) is 84.5 Å². The second kappa shape index (κ2) is 9.34. The van der Waals surface area contributed by atoms with Crippen molar-refractivity contribution in [2.45, 2.75) is 59.3 Å². The average molecular weight is 483 g/mol. The Labute approximate surface area is 222 Å². The molecule has 0 aliphatic rings. The molecule has 0 spiro atoms. The van der Waals surface area contributed by atoms with E-state index in [2.05, 4.69) is 133 Å². The normalized spacial score (nSPS) is 12.2. The summed E-state index contributed by atoms with van der Waals surface area (Å²) >= 11 is 0. The van der Waals surface area contributed by atoms with Gasteiger partial charge >= 0.3 is 0 Å². The van der Waals surface area contributed by atoms with Crippen LogP contribution in [-0.4, -0.2) is 0 Å². The topological polar surface area (TPSA) is 0 Å². The standard InChI is InChI=1S/C30H30.C7H8/c1-29(2,3)23-14-20-12-13-21-15-24(30(4,5)6)18-26-25(19-10-8-7-9-11-19)17-22(16-23)27(20)28(21)26;1-7-5-3-2-4-6-7/h7-18H,1-6H3;2-6H,1H3. The number of benzene rings is 6. The minimum atomic E-state index is 0.109. The third-order valence-corrected chi connectivity index (χ3v) is 7.41. The lowest BCUT2D eigenvalue weighted by atomic mass is 9.79. The summed E-state index contributed by atoms with van der Waals surface area (Å²) in [6.07, 6.45) is 0. The van der Waals surface area contributed by atoms with E-state index in [1.54, 1.807) is 0 Å². The highest BCUT2D eigenvalue weighted by molar-refractivity contribution is 6.26. The molecule has 0 aromatic heterocycles. The van der Waals surface area contributed by atoms with Gasteiger partial charge in [-0.3, -0.25) is 0 Å². The van der Waals surface area contributed by atoms with E-state index in [9.17, 15) is 0 Å². The van der Waals surface area contributed by atoms with Crippen molar-refractivity contribution in [2.75, 3.05) is 0 Å². The van der Waals surface area contributed by atoms with Crippen LogP contribution in [0.15, 0.2) is 103 Å². The first-order chi connectivity index (χ1) is 17.5. The van der Waals surface area contributed by atoms with Gasteiger partial charge in [0, 0.05) is 0 Å². The molecule has 0 amide bonds. The molecule has 0 fully saturated rings. The van der Waals surface area contributed by atoms with E-state index in [1.807, 2.05) is 18.2 Å². The highest BCUT2D eigenvalue weighted by Gasteiger charge is 2.21. The van der Waals surface area contributed by atoms with Gasteiger partial charge in [0.2, 0.25) is 0 Å².